The molecule has 2 rings (SSSR count). The molecule has 1 unspecified atom stereocenters. The smallest absolute Gasteiger partial charge is 0.305 e. The third kappa shape index (κ3) is 5.05. The van der Waals surface area contributed by atoms with Gasteiger partial charge in [-0.2, -0.15) is 0 Å². The highest BCUT2D eigenvalue weighted by Crippen LogP contribution is 2.26. The van der Waals surface area contributed by atoms with Crippen LogP contribution in [0.25, 0.3) is 0 Å². The Balaban J connectivity index is 1.99. The van der Waals surface area contributed by atoms with Gasteiger partial charge in [-0.25, -0.2) is 0 Å². The molecule has 0 aliphatic carbocycles. The van der Waals surface area contributed by atoms with Gasteiger partial charge in [0.05, 0.1) is 6.42 Å². The molecule has 2 amide bonds. The zero-order chi connectivity index (χ0) is 19.3. The number of aliphatic carboxylic acids is 1. The van der Waals surface area contributed by atoms with Crippen LogP contribution in [-0.4, -0.2) is 41.3 Å². The van der Waals surface area contributed by atoms with Gasteiger partial charge in [-0.3, -0.25) is 19.8 Å². The van der Waals surface area contributed by atoms with Crippen molar-refractivity contribution >= 4 is 29.3 Å². The number of hydrogen-bond donors (Lipinski definition) is 4. The van der Waals surface area contributed by atoms with E-state index in [2.05, 4.69) is 5.32 Å². The lowest BCUT2D eigenvalue weighted by atomic mass is 9.92. The van der Waals surface area contributed by atoms with Crippen molar-refractivity contribution in [3.63, 3.8) is 0 Å². The van der Waals surface area contributed by atoms with E-state index in [1.54, 1.807) is 36.1 Å². The fraction of sp³-hybridized carbons (Fsp3) is 0.444. The predicted octanol–water partition coefficient (Wildman–Crippen LogP) is 1.08. The second kappa shape index (κ2) is 8.46. The molecule has 2 atom stereocenters. The van der Waals surface area contributed by atoms with Crippen molar-refractivity contribution in [3.8, 4) is 0 Å². The Morgan fingerprint density at radius 3 is 2.62 bits per heavy atom. The van der Waals surface area contributed by atoms with Crippen molar-refractivity contribution in [1.82, 2.24) is 5.32 Å². The maximum atomic E-state index is 12.7. The molecule has 8 nitrogen and oxygen atoms in total. The number of rotatable bonds is 7. The Bertz CT molecular complexity index is 702. The third-order valence-corrected chi connectivity index (χ3v) is 4.36. The number of nitrogens with one attached hydrogen (secondary N) is 2. The van der Waals surface area contributed by atoms with Crippen LogP contribution in [-0.2, 0) is 14.4 Å². The Morgan fingerprint density at radius 2 is 2.04 bits per heavy atom. The van der Waals surface area contributed by atoms with Gasteiger partial charge in [0.15, 0.2) is 0 Å². The fourth-order valence-corrected chi connectivity index (χ4v) is 3.09. The number of piperidine rings is 1. The minimum absolute atomic E-state index is 0.0356. The summed E-state index contributed by atoms with van der Waals surface area (Å²) in [5.41, 5.74) is 6.73. The van der Waals surface area contributed by atoms with Gasteiger partial charge in [-0.1, -0.05) is 0 Å². The SMILES string of the molecule is CC(CC(=O)O)NC(=O)C[C@@H]1CCCN(c2ccc(C(=N)N)cc2)C1=O. The largest absolute Gasteiger partial charge is 0.481 e. The number of nitrogens with two attached hydrogens (primary N) is 1. The average molecular weight is 360 g/mol. The number of hydrogen-bond acceptors (Lipinski definition) is 4. The maximum absolute atomic E-state index is 12.7. The molecule has 0 radical (unpaired) electrons. The van der Waals surface area contributed by atoms with Crippen molar-refractivity contribution in [2.45, 2.75) is 38.6 Å². The van der Waals surface area contributed by atoms with E-state index >= 15 is 0 Å². The van der Waals surface area contributed by atoms with Crippen molar-refractivity contribution in [2.24, 2.45) is 11.7 Å². The minimum atomic E-state index is -0.980. The monoisotopic (exact) mass is 360 g/mol. The Hall–Kier alpha value is -2.90. The fourth-order valence-electron chi connectivity index (χ4n) is 3.09. The molecule has 0 saturated carbocycles. The van der Waals surface area contributed by atoms with E-state index in [1.165, 1.54) is 0 Å². The van der Waals surface area contributed by atoms with E-state index < -0.39 is 17.9 Å². The normalized spacial score (nSPS) is 18.3. The Kier molecular flexibility index (Phi) is 6.32. The molecule has 1 saturated heterocycles. The molecule has 8 heteroatoms. The first kappa shape index (κ1) is 19.4. The maximum Gasteiger partial charge on any atom is 0.305 e. The van der Waals surface area contributed by atoms with E-state index in [1.807, 2.05) is 0 Å². The molecular weight excluding hydrogens is 336 g/mol. The van der Waals surface area contributed by atoms with E-state index in [-0.39, 0.29) is 30.5 Å². The van der Waals surface area contributed by atoms with Gasteiger partial charge in [0, 0.05) is 36.2 Å². The van der Waals surface area contributed by atoms with Gasteiger partial charge in [0.25, 0.3) is 0 Å². The number of benzene rings is 1. The number of nitrogen functional groups attached to an aromatic ring is 1. The van der Waals surface area contributed by atoms with Crippen LogP contribution in [0.4, 0.5) is 5.69 Å². The second-order valence-corrected chi connectivity index (χ2v) is 6.56. The van der Waals surface area contributed by atoms with Crippen LogP contribution in [0.1, 0.15) is 38.2 Å². The first-order valence-electron chi connectivity index (χ1n) is 8.55. The molecule has 1 aliphatic rings. The number of amidine groups is 1. The molecule has 26 heavy (non-hydrogen) atoms. The number of carbonyl (C=O) groups excluding carboxylic acids is 2. The average Bonchev–Trinajstić information content (AvgIpc) is 2.56. The molecule has 1 heterocycles. The van der Waals surface area contributed by atoms with Crippen LogP contribution in [0.2, 0.25) is 0 Å². The van der Waals surface area contributed by atoms with Crippen LogP contribution in [0.15, 0.2) is 24.3 Å². The topological polar surface area (TPSA) is 137 Å². The lowest BCUT2D eigenvalue weighted by Gasteiger charge is -2.32. The summed E-state index contributed by atoms with van der Waals surface area (Å²) >= 11 is 0. The van der Waals surface area contributed by atoms with Gasteiger partial charge >= 0.3 is 5.97 Å². The van der Waals surface area contributed by atoms with Gasteiger partial charge in [0.1, 0.15) is 5.84 Å². The summed E-state index contributed by atoms with van der Waals surface area (Å²) in [7, 11) is 0. The lowest BCUT2D eigenvalue weighted by molar-refractivity contribution is -0.138. The summed E-state index contributed by atoms with van der Waals surface area (Å²) in [6, 6.07) is 6.38. The second-order valence-electron chi connectivity index (χ2n) is 6.56. The molecule has 0 aromatic heterocycles. The molecule has 1 fully saturated rings. The first-order valence-corrected chi connectivity index (χ1v) is 8.55. The zero-order valence-corrected chi connectivity index (χ0v) is 14.7. The third-order valence-electron chi connectivity index (χ3n) is 4.36. The first-order chi connectivity index (χ1) is 12.3. The van der Waals surface area contributed by atoms with Crippen molar-refractivity contribution in [2.75, 3.05) is 11.4 Å². The summed E-state index contributed by atoms with van der Waals surface area (Å²) in [5, 5.41) is 18.8. The lowest BCUT2D eigenvalue weighted by Crippen LogP contribution is -2.44. The van der Waals surface area contributed by atoms with Crippen molar-refractivity contribution in [3.05, 3.63) is 29.8 Å². The van der Waals surface area contributed by atoms with E-state index in [0.717, 1.165) is 6.42 Å². The van der Waals surface area contributed by atoms with Crippen LogP contribution >= 0.6 is 0 Å². The highest BCUT2D eigenvalue weighted by molar-refractivity contribution is 5.99. The number of anilines is 1. The predicted molar refractivity (Wildman–Crippen MR) is 97.0 cm³/mol. The standard InChI is InChI=1S/C18H24N4O4/c1-11(9-16(24)25)21-15(23)10-13-3-2-8-22(18(13)26)14-6-4-12(5-7-14)17(19)20/h4-7,11,13H,2-3,8-10H2,1H3,(H3,19,20)(H,21,23)(H,24,25)/t11?,13-/m0/s1. The minimum Gasteiger partial charge on any atom is -0.481 e. The number of amides is 2. The molecular formula is C18H24N4O4. The summed E-state index contributed by atoms with van der Waals surface area (Å²) in [6.07, 6.45) is 1.30. The molecule has 1 aromatic rings. The van der Waals surface area contributed by atoms with E-state index in [9.17, 15) is 14.4 Å². The highest BCUT2D eigenvalue weighted by atomic mass is 16.4. The number of carbonyl (C=O) groups is 3. The molecule has 1 aromatic carbocycles. The van der Waals surface area contributed by atoms with Crippen LogP contribution < -0.4 is 16.0 Å². The molecule has 1 aliphatic heterocycles. The quantitative estimate of drug-likeness (QED) is 0.426. The summed E-state index contributed by atoms with van der Waals surface area (Å²) < 4.78 is 0. The number of nitrogens with zero attached hydrogens (tertiary/aromatic N) is 1. The summed E-state index contributed by atoms with van der Waals surface area (Å²) in [5.74, 6) is -1.87. The van der Waals surface area contributed by atoms with Crippen molar-refractivity contribution in [1.29, 1.82) is 5.41 Å². The van der Waals surface area contributed by atoms with Gasteiger partial charge < -0.3 is 21.1 Å². The van der Waals surface area contributed by atoms with Crippen LogP contribution in [0.5, 0.6) is 0 Å². The molecule has 5 N–H and O–H groups in total. The summed E-state index contributed by atoms with van der Waals surface area (Å²) in [6.45, 7) is 2.20. The number of carboxylic acids is 1. The summed E-state index contributed by atoms with van der Waals surface area (Å²) in [4.78, 5) is 37.1. The molecule has 140 valence electrons. The molecule has 0 spiro atoms. The van der Waals surface area contributed by atoms with Gasteiger partial charge in [0.2, 0.25) is 11.8 Å². The zero-order valence-electron chi connectivity index (χ0n) is 14.7. The van der Waals surface area contributed by atoms with Crippen LogP contribution in [0, 0.1) is 11.3 Å². The Labute approximate surface area is 151 Å². The highest BCUT2D eigenvalue weighted by Gasteiger charge is 2.31. The molecule has 0 bridgehead atoms. The van der Waals surface area contributed by atoms with E-state index in [0.29, 0.717) is 24.2 Å². The van der Waals surface area contributed by atoms with Crippen LogP contribution in [0.3, 0.4) is 0 Å². The van der Waals surface area contributed by atoms with Gasteiger partial charge in [-0.15, -0.1) is 0 Å². The van der Waals surface area contributed by atoms with E-state index in [4.69, 9.17) is 16.2 Å². The Morgan fingerprint density at radius 1 is 1.38 bits per heavy atom. The number of carboxylic acid groups (broad SMARTS) is 1. The van der Waals surface area contributed by atoms with Gasteiger partial charge in [-0.05, 0) is 44.0 Å². The van der Waals surface area contributed by atoms with Crippen molar-refractivity contribution < 1.29 is 19.5 Å².